The third kappa shape index (κ3) is 4.68. The second-order valence-corrected chi connectivity index (χ2v) is 10.3. The van der Waals surface area contributed by atoms with Gasteiger partial charge < -0.3 is 4.90 Å². The van der Waals surface area contributed by atoms with Crippen molar-refractivity contribution in [2.75, 3.05) is 24.5 Å². The van der Waals surface area contributed by atoms with Gasteiger partial charge in [-0.25, -0.2) is 8.42 Å². The van der Waals surface area contributed by atoms with E-state index in [1.165, 1.54) is 12.1 Å². The molecule has 32 heavy (non-hydrogen) atoms. The van der Waals surface area contributed by atoms with Crippen LogP contribution in [0.25, 0.3) is 0 Å². The molecular formula is C23H27N3O5S. The van der Waals surface area contributed by atoms with Gasteiger partial charge in [0.05, 0.1) is 9.82 Å². The topological polar surface area (TPSA) is 101 Å². The summed E-state index contributed by atoms with van der Waals surface area (Å²) in [5.74, 6) is -0.0427. The van der Waals surface area contributed by atoms with Gasteiger partial charge in [-0.15, -0.1) is 0 Å². The Morgan fingerprint density at radius 1 is 0.969 bits per heavy atom. The number of benzene rings is 2. The maximum absolute atomic E-state index is 12.9. The molecule has 0 saturated carbocycles. The van der Waals surface area contributed by atoms with Crippen molar-refractivity contribution in [2.24, 2.45) is 0 Å². The largest absolute Gasteiger partial charge is 0.312 e. The van der Waals surface area contributed by atoms with Gasteiger partial charge in [0.1, 0.15) is 0 Å². The van der Waals surface area contributed by atoms with E-state index in [0.29, 0.717) is 37.4 Å². The molecule has 0 atom stereocenters. The fourth-order valence-corrected chi connectivity index (χ4v) is 5.92. The lowest BCUT2D eigenvalue weighted by Gasteiger charge is -2.20. The number of fused-ring (bicyclic) bond motifs is 1. The number of sulfonamides is 1. The van der Waals surface area contributed by atoms with Crippen LogP contribution in [0.3, 0.4) is 0 Å². The van der Waals surface area contributed by atoms with E-state index in [0.717, 1.165) is 42.5 Å². The standard InChI is InChI=1S/C23H27N3O5S/c27-23(25-16-13-19-17-20(26(28)29)8-11-22(19)25)12-7-18-5-9-21(10-6-18)32(30,31)24-14-3-1-2-4-15-24/h5-6,8-11,17H,1-4,7,12-16H2. The summed E-state index contributed by atoms with van der Waals surface area (Å²) in [5, 5.41) is 11.0. The summed E-state index contributed by atoms with van der Waals surface area (Å²) in [6.07, 6.45) is 5.32. The van der Waals surface area contributed by atoms with Gasteiger partial charge in [-0.1, -0.05) is 25.0 Å². The van der Waals surface area contributed by atoms with Crippen LogP contribution in [0.4, 0.5) is 11.4 Å². The van der Waals surface area contributed by atoms with E-state index in [9.17, 15) is 23.3 Å². The van der Waals surface area contributed by atoms with Gasteiger partial charge in [0.25, 0.3) is 5.69 Å². The molecular weight excluding hydrogens is 430 g/mol. The number of nitrogens with zero attached hydrogens (tertiary/aromatic N) is 3. The zero-order valence-corrected chi connectivity index (χ0v) is 18.7. The van der Waals surface area contributed by atoms with Crippen LogP contribution in [-0.2, 0) is 27.7 Å². The molecule has 0 N–H and O–H groups in total. The highest BCUT2D eigenvalue weighted by atomic mass is 32.2. The molecule has 0 aromatic heterocycles. The maximum Gasteiger partial charge on any atom is 0.269 e. The maximum atomic E-state index is 12.9. The molecule has 0 spiro atoms. The van der Waals surface area contributed by atoms with Gasteiger partial charge in [-0.05, 0) is 55.0 Å². The molecule has 2 aromatic carbocycles. The number of carbonyl (C=O) groups excluding carboxylic acids is 1. The first-order valence-electron chi connectivity index (χ1n) is 11.0. The second-order valence-electron chi connectivity index (χ2n) is 8.33. The van der Waals surface area contributed by atoms with Crippen molar-refractivity contribution < 1.29 is 18.1 Å². The smallest absolute Gasteiger partial charge is 0.269 e. The Hall–Kier alpha value is -2.78. The molecule has 0 bridgehead atoms. The number of nitro groups is 1. The van der Waals surface area contributed by atoms with Crippen LogP contribution in [0.2, 0.25) is 0 Å². The number of carbonyl (C=O) groups is 1. The van der Waals surface area contributed by atoms with Gasteiger partial charge in [0.2, 0.25) is 15.9 Å². The summed E-state index contributed by atoms with van der Waals surface area (Å²) in [7, 11) is -3.48. The Morgan fingerprint density at radius 3 is 2.31 bits per heavy atom. The van der Waals surface area contributed by atoms with E-state index in [1.807, 2.05) is 0 Å². The number of non-ortho nitro benzene ring substituents is 1. The predicted octanol–water partition coefficient (Wildman–Crippen LogP) is 3.68. The van der Waals surface area contributed by atoms with Gasteiger partial charge >= 0.3 is 0 Å². The molecule has 9 heteroatoms. The Balaban J connectivity index is 1.38. The SMILES string of the molecule is O=C(CCc1ccc(S(=O)(=O)N2CCCCCC2)cc1)N1CCc2cc([N+](=O)[O-])ccc21. The second kappa shape index (κ2) is 9.38. The van der Waals surface area contributed by atoms with Gasteiger partial charge in [0.15, 0.2) is 0 Å². The summed E-state index contributed by atoms with van der Waals surface area (Å²) in [5.41, 5.74) is 2.49. The Labute approximate surface area is 188 Å². The zero-order valence-electron chi connectivity index (χ0n) is 17.9. The molecule has 2 aliphatic rings. The van der Waals surface area contributed by atoms with E-state index in [2.05, 4.69) is 0 Å². The van der Waals surface area contributed by atoms with Gasteiger partial charge in [-0.2, -0.15) is 4.31 Å². The normalized spacial score (nSPS) is 17.1. The predicted molar refractivity (Wildman–Crippen MR) is 121 cm³/mol. The third-order valence-electron chi connectivity index (χ3n) is 6.22. The van der Waals surface area contributed by atoms with Crippen molar-refractivity contribution in [3.63, 3.8) is 0 Å². The number of hydrogen-bond donors (Lipinski definition) is 0. The number of amides is 1. The Morgan fingerprint density at radius 2 is 1.66 bits per heavy atom. The van der Waals surface area contributed by atoms with Crippen molar-refractivity contribution >= 4 is 27.3 Å². The first-order chi connectivity index (χ1) is 15.4. The van der Waals surface area contributed by atoms with E-state index in [1.54, 1.807) is 39.5 Å². The number of aryl methyl sites for hydroxylation is 1. The minimum atomic E-state index is -3.48. The van der Waals surface area contributed by atoms with Crippen molar-refractivity contribution in [3.8, 4) is 0 Å². The summed E-state index contributed by atoms with van der Waals surface area (Å²) in [4.78, 5) is 25.3. The van der Waals surface area contributed by atoms with Crippen LogP contribution in [0.5, 0.6) is 0 Å². The Bertz CT molecular complexity index is 1110. The van der Waals surface area contributed by atoms with Crippen LogP contribution in [-0.4, -0.2) is 43.2 Å². The number of hydrogen-bond acceptors (Lipinski definition) is 5. The molecule has 170 valence electrons. The van der Waals surface area contributed by atoms with E-state index in [-0.39, 0.29) is 18.0 Å². The number of rotatable bonds is 6. The third-order valence-corrected chi connectivity index (χ3v) is 8.14. The summed E-state index contributed by atoms with van der Waals surface area (Å²) in [6.45, 7) is 1.65. The number of nitro benzene ring substituents is 1. The van der Waals surface area contributed by atoms with Crippen LogP contribution in [0.1, 0.15) is 43.2 Å². The van der Waals surface area contributed by atoms with E-state index < -0.39 is 14.9 Å². The van der Waals surface area contributed by atoms with E-state index >= 15 is 0 Å². The quantitative estimate of drug-likeness (QED) is 0.486. The fourth-order valence-electron chi connectivity index (χ4n) is 4.41. The van der Waals surface area contributed by atoms with Crippen LogP contribution in [0.15, 0.2) is 47.4 Å². The summed E-state index contributed by atoms with van der Waals surface area (Å²) >= 11 is 0. The van der Waals surface area contributed by atoms with Crippen molar-refractivity contribution in [1.82, 2.24) is 4.31 Å². The molecule has 2 heterocycles. The highest BCUT2D eigenvalue weighted by Gasteiger charge is 2.27. The van der Waals surface area contributed by atoms with E-state index in [4.69, 9.17) is 0 Å². The molecule has 2 aliphatic heterocycles. The zero-order chi connectivity index (χ0) is 22.7. The average molecular weight is 458 g/mol. The monoisotopic (exact) mass is 457 g/mol. The molecule has 0 aliphatic carbocycles. The van der Waals surface area contributed by atoms with Gasteiger partial charge in [-0.3, -0.25) is 14.9 Å². The number of anilines is 1. The lowest BCUT2D eigenvalue weighted by Crippen LogP contribution is -2.31. The molecule has 4 rings (SSSR count). The van der Waals surface area contributed by atoms with Crippen LogP contribution in [0, 0.1) is 10.1 Å². The van der Waals surface area contributed by atoms with Crippen LogP contribution < -0.4 is 4.90 Å². The Kier molecular flexibility index (Phi) is 6.57. The lowest BCUT2D eigenvalue weighted by molar-refractivity contribution is -0.384. The highest BCUT2D eigenvalue weighted by molar-refractivity contribution is 7.89. The molecule has 8 nitrogen and oxygen atoms in total. The van der Waals surface area contributed by atoms with Crippen molar-refractivity contribution in [1.29, 1.82) is 0 Å². The van der Waals surface area contributed by atoms with Crippen molar-refractivity contribution in [2.45, 2.75) is 49.8 Å². The van der Waals surface area contributed by atoms with Gasteiger partial charge in [0, 0.05) is 43.9 Å². The first-order valence-corrected chi connectivity index (χ1v) is 12.5. The molecule has 0 radical (unpaired) electrons. The minimum absolute atomic E-state index is 0.0354. The average Bonchev–Trinajstić information content (AvgIpc) is 3.01. The highest BCUT2D eigenvalue weighted by Crippen LogP contribution is 2.32. The fraction of sp³-hybridized carbons (Fsp3) is 0.435. The first kappa shape index (κ1) is 22.4. The minimum Gasteiger partial charge on any atom is -0.312 e. The van der Waals surface area contributed by atoms with Crippen LogP contribution >= 0.6 is 0 Å². The van der Waals surface area contributed by atoms with Crippen molar-refractivity contribution in [3.05, 3.63) is 63.7 Å². The lowest BCUT2D eigenvalue weighted by atomic mass is 10.1. The molecule has 1 fully saturated rings. The molecule has 1 saturated heterocycles. The molecule has 0 unspecified atom stereocenters. The summed E-state index contributed by atoms with van der Waals surface area (Å²) in [6, 6.07) is 11.4. The molecule has 2 aromatic rings. The molecule has 1 amide bonds. The summed E-state index contributed by atoms with van der Waals surface area (Å²) < 4.78 is 27.4.